The van der Waals surface area contributed by atoms with E-state index in [9.17, 15) is 0 Å². The van der Waals surface area contributed by atoms with Crippen LogP contribution in [0.15, 0.2) is 24.3 Å². The number of ether oxygens (including phenoxy) is 1. The minimum atomic E-state index is 0.225. The smallest absolute Gasteiger partial charge is 0.0697 e. The van der Waals surface area contributed by atoms with Crippen LogP contribution in [-0.2, 0) is 11.3 Å². The highest BCUT2D eigenvalue weighted by Crippen LogP contribution is 2.39. The van der Waals surface area contributed by atoms with Gasteiger partial charge in [0.05, 0.1) is 5.60 Å². The van der Waals surface area contributed by atoms with E-state index in [1.54, 1.807) is 0 Å². The first-order valence-electron chi connectivity index (χ1n) is 7.69. The lowest BCUT2D eigenvalue weighted by Gasteiger charge is -2.38. The summed E-state index contributed by atoms with van der Waals surface area (Å²) >= 11 is 0. The molecule has 0 aromatic heterocycles. The maximum absolute atomic E-state index is 6.09. The lowest BCUT2D eigenvalue weighted by atomic mass is 9.89. The Hall–Kier alpha value is -0.860. The summed E-state index contributed by atoms with van der Waals surface area (Å²) in [5.74, 6) is 0. The topological polar surface area (TPSA) is 21.3 Å². The van der Waals surface area contributed by atoms with E-state index in [2.05, 4.69) is 36.5 Å². The van der Waals surface area contributed by atoms with Gasteiger partial charge in [0.1, 0.15) is 0 Å². The first kappa shape index (κ1) is 13.1. The summed E-state index contributed by atoms with van der Waals surface area (Å²) < 4.78 is 6.09. The molecule has 1 heterocycles. The van der Waals surface area contributed by atoms with Crippen LogP contribution in [0.2, 0.25) is 0 Å². The van der Waals surface area contributed by atoms with E-state index in [-0.39, 0.29) is 5.60 Å². The van der Waals surface area contributed by atoms with Gasteiger partial charge in [0, 0.05) is 19.2 Å². The molecule has 1 aromatic carbocycles. The van der Waals surface area contributed by atoms with Gasteiger partial charge in [-0.1, -0.05) is 42.7 Å². The first-order valence-corrected chi connectivity index (χ1v) is 7.69. The Morgan fingerprint density at radius 3 is 2.95 bits per heavy atom. The fourth-order valence-electron chi connectivity index (χ4n) is 3.65. The molecular formula is C17H25NO. The van der Waals surface area contributed by atoms with Crippen molar-refractivity contribution in [2.24, 2.45) is 0 Å². The maximum atomic E-state index is 6.09. The fraction of sp³-hybridized carbons (Fsp3) is 0.647. The van der Waals surface area contributed by atoms with E-state index >= 15 is 0 Å². The van der Waals surface area contributed by atoms with Gasteiger partial charge in [-0.25, -0.2) is 0 Å². The SMILES string of the molecule is Cc1cccc(CNC2CCOC3(CCCC3)C2)c1. The summed E-state index contributed by atoms with van der Waals surface area (Å²) in [4.78, 5) is 0. The molecule has 0 radical (unpaired) electrons. The Morgan fingerprint density at radius 1 is 1.32 bits per heavy atom. The number of hydrogen-bond acceptors (Lipinski definition) is 2. The van der Waals surface area contributed by atoms with Crippen molar-refractivity contribution in [2.75, 3.05) is 6.61 Å². The van der Waals surface area contributed by atoms with Crippen molar-refractivity contribution in [3.63, 3.8) is 0 Å². The van der Waals surface area contributed by atoms with Crippen molar-refractivity contribution in [1.82, 2.24) is 5.32 Å². The lowest BCUT2D eigenvalue weighted by molar-refractivity contribution is -0.0837. The summed E-state index contributed by atoms with van der Waals surface area (Å²) in [6, 6.07) is 9.43. The summed E-state index contributed by atoms with van der Waals surface area (Å²) in [5, 5.41) is 3.74. The molecule has 19 heavy (non-hydrogen) atoms. The van der Waals surface area contributed by atoms with Crippen molar-refractivity contribution < 1.29 is 4.74 Å². The molecule has 2 fully saturated rings. The lowest BCUT2D eigenvalue weighted by Crippen LogP contribution is -2.45. The molecule has 1 aliphatic heterocycles. The summed E-state index contributed by atoms with van der Waals surface area (Å²) in [7, 11) is 0. The van der Waals surface area contributed by atoms with Gasteiger partial charge in [0.25, 0.3) is 0 Å². The van der Waals surface area contributed by atoms with E-state index in [1.165, 1.54) is 43.2 Å². The Kier molecular flexibility index (Phi) is 3.90. The van der Waals surface area contributed by atoms with E-state index in [4.69, 9.17) is 4.74 Å². The highest BCUT2D eigenvalue weighted by atomic mass is 16.5. The van der Waals surface area contributed by atoms with Gasteiger partial charge in [0.15, 0.2) is 0 Å². The summed E-state index contributed by atoms with van der Waals surface area (Å²) in [5.41, 5.74) is 2.97. The van der Waals surface area contributed by atoms with Crippen LogP contribution in [0.25, 0.3) is 0 Å². The molecule has 2 heteroatoms. The molecule has 104 valence electrons. The second-order valence-electron chi connectivity index (χ2n) is 6.30. The predicted molar refractivity (Wildman–Crippen MR) is 78.2 cm³/mol. The molecular weight excluding hydrogens is 234 g/mol. The molecule has 0 bridgehead atoms. The zero-order valence-electron chi connectivity index (χ0n) is 12.0. The van der Waals surface area contributed by atoms with Crippen LogP contribution in [-0.4, -0.2) is 18.2 Å². The standard InChI is InChI=1S/C17H25NO/c1-14-5-4-6-15(11-14)13-18-16-7-10-19-17(12-16)8-2-3-9-17/h4-6,11,16,18H,2-3,7-10,12-13H2,1H3. The summed E-state index contributed by atoms with van der Waals surface area (Å²) in [6.07, 6.45) is 7.62. The van der Waals surface area contributed by atoms with Crippen LogP contribution in [0.4, 0.5) is 0 Å². The minimum Gasteiger partial charge on any atom is -0.375 e. The van der Waals surface area contributed by atoms with Crippen molar-refractivity contribution in [2.45, 2.75) is 63.6 Å². The molecule has 1 aromatic rings. The summed E-state index contributed by atoms with van der Waals surface area (Å²) in [6.45, 7) is 4.08. The van der Waals surface area contributed by atoms with Gasteiger partial charge >= 0.3 is 0 Å². The van der Waals surface area contributed by atoms with E-state index < -0.39 is 0 Å². The third-order valence-electron chi connectivity index (χ3n) is 4.69. The van der Waals surface area contributed by atoms with Crippen LogP contribution in [0.5, 0.6) is 0 Å². The van der Waals surface area contributed by atoms with Gasteiger partial charge in [0.2, 0.25) is 0 Å². The van der Waals surface area contributed by atoms with Crippen molar-refractivity contribution in [3.8, 4) is 0 Å². The van der Waals surface area contributed by atoms with Gasteiger partial charge in [-0.2, -0.15) is 0 Å². The van der Waals surface area contributed by atoms with E-state index in [0.717, 1.165) is 19.6 Å². The Balaban J connectivity index is 1.55. The molecule has 3 rings (SSSR count). The normalized spacial score (nSPS) is 25.8. The van der Waals surface area contributed by atoms with Crippen LogP contribution in [0.3, 0.4) is 0 Å². The second kappa shape index (κ2) is 5.64. The first-order chi connectivity index (χ1) is 9.26. The number of benzene rings is 1. The Morgan fingerprint density at radius 2 is 2.16 bits per heavy atom. The molecule has 1 saturated heterocycles. The zero-order valence-corrected chi connectivity index (χ0v) is 12.0. The minimum absolute atomic E-state index is 0.225. The van der Waals surface area contributed by atoms with Gasteiger partial charge < -0.3 is 10.1 Å². The van der Waals surface area contributed by atoms with E-state index in [0.29, 0.717) is 6.04 Å². The molecule has 1 N–H and O–H groups in total. The van der Waals surface area contributed by atoms with Crippen molar-refractivity contribution in [3.05, 3.63) is 35.4 Å². The highest BCUT2D eigenvalue weighted by Gasteiger charge is 2.39. The predicted octanol–water partition coefficient (Wildman–Crippen LogP) is 3.58. The van der Waals surface area contributed by atoms with Crippen molar-refractivity contribution >= 4 is 0 Å². The Bertz CT molecular complexity index is 423. The zero-order chi connectivity index (χ0) is 13.1. The molecule has 1 spiro atoms. The largest absolute Gasteiger partial charge is 0.375 e. The molecule has 1 unspecified atom stereocenters. The quantitative estimate of drug-likeness (QED) is 0.896. The fourth-order valence-corrected chi connectivity index (χ4v) is 3.65. The number of rotatable bonds is 3. The average Bonchev–Trinajstić information content (AvgIpc) is 2.85. The molecule has 1 aliphatic carbocycles. The third-order valence-corrected chi connectivity index (χ3v) is 4.69. The van der Waals surface area contributed by atoms with Gasteiger partial charge in [-0.05, 0) is 38.2 Å². The van der Waals surface area contributed by atoms with Crippen molar-refractivity contribution in [1.29, 1.82) is 0 Å². The monoisotopic (exact) mass is 259 g/mol. The van der Waals surface area contributed by atoms with Crippen LogP contribution >= 0.6 is 0 Å². The van der Waals surface area contributed by atoms with Gasteiger partial charge in [-0.15, -0.1) is 0 Å². The van der Waals surface area contributed by atoms with Crippen LogP contribution in [0, 0.1) is 6.92 Å². The number of hydrogen-bond donors (Lipinski definition) is 1. The maximum Gasteiger partial charge on any atom is 0.0697 e. The molecule has 0 amide bonds. The third kappa shape index (κ3) is 3.18. The number of aryl methyl sites for hydroxylation is 1. The van der Waals surface area contributed by atoms with Crippen LogP contribution in [0.1, 0.15) is 49.7 Å². The average molecular weight is 259 g/mol. The van der Waals surface area contributed by atoms with E-state index in [1.807, 2.05) is 0 Å². The molecule has 1 saturated carbocycles. The second-order valence-corrected chi connectivity index (χ2v) is 6.30. The Labute approximate surface area is 116 Å². The highest BCUT2D eigenvalue weighted by molar-refractivity contribution is 5.22. The van der Waals surface area contributed by atoms with Gasteiger partial charge in [-0.3, -0.25) is 0 Å². The molecule has 2 nitrogen and oxygen atoms in total. The van der Waals surface area contributed by atoms with Crippen LogP contribution < -0.4 is 5.32 Å². The molecule has 1 atom stereocenters. The number of nitrogens with one attached hydrogen (secondary N) is 1. The molecule has 2 aliphatic rings.